The second-order valence-electron chi connectivity index (χ2n) is 12.6. The Kier molecular flexibility index (Phi) is 6.91. The molecule has 0 unspecified atom stereocenters. The summed E-state index contributed by atoms with van der Waals surface area (Å²) in [5.41, 5.74) is 11.4. The van der Waals surface area contributed by atoms with Crippen molar-refractivity contribution in [3.05, 3.63) is 180 Å². The highest BCUT2D eigenvalue weighted by atomic mass is 15.0. The standard InChI is InChI=1S/C46H24N6/c1-49-40-10-5-8-35(45(40)52-44-24-14-30(28-48)26-39(44)37-9-6-11-41(50-2)46(37)52)33-17-15-31(16-18-33)32-19-21-34(22-20-32)51-42-12-4-3-7-36(42)38-25-29(27-47)13-23-43(38)51/h3-26H. The molecule has 0 aliphatic heterocycles. The van der Waals surface area contributed by atoms with Crippen LogP contribution < -0.4 is 0 Å². The summed E-state index contributed by atoms with van der Waals surface area (Å²) in [4.78, 5) is 7.80. The van der Waals surface area contributed by atoms with E-state index < -0.39 is 0 Å². The monoisotopic (exact) mass is 660 g/mol. The van der Waals surface area contributed by atoms with E-state index in [-0.39, 0.29) is 0 Å². The van der Waals surface area contributed by atoms with E-state index >= 15 is 0 Å². The molecule has 0 radical (unpaired) electrons. The van der Waals surface area contributed by atoms with Crippen LogP contribution in [0.3, 0.4) is 0 Å². The Morgan fingerprint density at radius 1 is 0.462 bits per heavy atom. The number of aromatic nitrogens is 2. The number of hydrogen-bond acceptors (Lipinski definition) is 2. The van der Waals surface area contributed by atoms with Crippen LogP contribution in [0.5, 0.6) is 0 Å². The minimum absolute atomic E-state index is 0.467. The minimum Gasteiger partial charge on any atom is -0.328 e. The van der Waals surface area contributed by atoms with E-state index in [1.807, 2.05) is 77.4 Å². The highest BCUT2D eigenvalue weighted by molar-refractivity contribution is 6.15. The van der Waals surface area contributed by atoms with Gasteiger partial charge in [0.15, 0.2) is 0 Å². The van der Waals surface area contributed by atoms with E-state index in [9.17, 15) is 10.5 Å². The van der Waals surface area contributed by atoms with Crippen molar-refractivity contribution in [1.82, 2.24) is 9.13 Å². The van der Waals surface area contributed by atoms with Crippen LogP contribution in [-0.4, -0.2) is 9.13 Å². The normalized spacial score (nSPS) is 11.0. The molecule has 0 amide bonds. The highest BCUT2D eigenvalue weighted by Gasteiger charge is 2.21. The fourth-order valence-corrected chi connectivity index (χ4v) is 7.50. The molecule has 2 aromatic heterocycles. The van der Waals surface area contributed by atoms with Gasteiger partial charge in [-0.25, -0.2) is 9.69 Å². The van der Waals surface area contributed by atoms with Crippen LogP contribution in [0.2, 0.25) is 0 Å². The molecule has 0 bridgehead atoms. The quantitative estimate of drug-likeness (QED) is 0.176. The molecule has 238 valence electrons. The zero-order valence-electron chi connectivity index (χ0n) is 27.5. The molecule has 0 N–H and O–H groups in total. The number of nitriles is 2. The lowest BCUT2D eigenvalue weighted by Crippen LogP contribution is -1.98. The molecule has 9 rings (SSSR count). The lowest BCUT2D eigenvalue weighted by atomic mass is 9.98. The number of hydrogen-bond donors (Lipinski definition) is 0. The fourth-order valence-electron chi connectivity index (χ4n) is 7.50. The first kappa shape index (κ1) is 30.2. The van der Waals surface area contributed by atoms with Gasteiger partial charge in [-0.1, -0.05) is 91.0 Å². The smallest absolute Gasteiger partial charge is 0.211 e. The Morgan fingerprint density at radius 3 is 1.67 bits per heavy atom. The van der Waals surface area contributed by atoms with Crippen molar-refractivity contribution in [1.29, 1.82) is 10.5 Å². The number of rotatable bonds is 4. The van der Waals surface area contributed by atoms with E-state index in [4.69, 9.17) is 13.1 Å². The number of benzene rings is 7. The summed E-state index contributed by atoms with van der Waals surface area (Å²) in [5.74, 6) is 0. The third-order valence-corrected chi connectivity index (χ3v) is 9.83. The Morgan fingerprint density at radius 2 is 1.00 bits per heavy atom. The van der Waals surface area contributed by atoms with Crippen molar-refractivity contribution >= 4 is 55.0 Å². The molecule has 2 heterocycles. The summed E-state index contributed by atoms with van der Waals surface area (Å²) in [6.45, 7) is 16.1. The van der Waals surface area contributed by atoms with Crippen LogP contribution in [0.4, 0.5) is 11.4 Å². The molecule has 0 atom stereocenters. The van der Waals surface area contributed by atoms with Gasteiger partial charge in [0.1, 0.15) is 0 Å². The van der Waals surface area contributed by atoms with Crippen molar-refractivity contribution in [2.45, 2.75) is 0 Å². The second kappa shape index (κ2) is 11.9. The molecular weight excluding hydrogens is 637 g/mol. The Balaban J connectivity index is 1.15. The van der Waals surface area contributed by atoms with Gasteiger partial charge in [-0.2, -0.15) is 10.5 Å². The molecule has 0 saturated heterocycles. The van der Waals surface area contributed by atoms with Crippen LogP contribution in [0, 0.1) is 35.8 Å². The Hall–Kier alpha value is -7.90. The summed E-state index contributed by atoms with van der Waals surface area (Å²) in [6.07, 6.45) is 0. The van der Waals surface area contributed by atoms with Crippen LogP contribution >= 0.6 is 0 Å². The van der Waals surface area contributed by atoms with Crippen molar-refractivity contribution in [2.24, 2.45) is 0 Å². The lowest BCUT2D eigenvalue weighted by Gasteiger charge is -2.17. The number of para-hydroxylation sites is 3. The van der Waals surface area contributed by atoms with Crippen LogP contribution in [0.15, 0.2) is 146 Å². The van der Waals surface area contributed by atoms with E-state index in [1.165, 1.54) is 0 Å². The Bertz CT molecular complexity index is 3100. The van der Waals surface area contributed by atoms with Gasteiger partial charge in [-0.15, -0.1) is 0 Å². The van der Waals surface area contributed by atoms with E-state index in [2.05, 4.69) is 87.1 Å². The van der Waals surface area contributed by atoms with Crippen LogP contribution in [0.25, 0.3) is 86.9 Å². The van der Waals surface area contributed by atoms with Gasteiger partial charge < -0.3 is 9.13 Å². The third kappa shape index (κ3) is 4.54. The number of fused-ring (bicyclic) bond motifs is 6. The Labute approximate surface area is 299 Å². The molecule has 52 heavy (non-hydrogen) atoms. The van der Waals surface area contributed by atoms with Gasteiger partial charge >= 0.3 is 0 Å². The molecule has 0 aliphatic carbocycles. The van der Waals surface area contributed by atoms with Gasteiger partial charge in [0, 0.05) is 21.8 Å². The van der Waals surface area contributed by atoms with E-state index in [1.54, 1.807) is 12.1 Å². The first-order valence-corrected chi connectivity index (χ1v) is 16.6. The van der Waals surface area contributed by atoms with Gasteiger partial charge in [-0.3, -0.25) is 0 Å². The average molecular weight is 661 g/mol. The molecule has 0 fully saturated rings. The largest absolute Gasteiger partial charge is 0.328 e. The average Bonchev–Trinajstić information content (AvgIpc) is 3.72. The molecule has 6 heteroatoms. The first-order valence-electron chi connectivity index (χ1n) is 16.6. The molecule has 0 spiro atoms. The van der Waals surface area contributed by atoms with Gasteiger partial charge in [-0.05, 0) is 82.2 Å². The third-order valence-electron chi connectivity index (χ3n) is 9.83. The second-order valence-corrected chi connectivity index (χ2v) is 12.6. The van der Waals surface area contributed by atoms with Gasteiger partial charge in [0.25, 0.3) is 0 Å². The zero-order chi connectivity index (χ0) is 35.3. The topological polar surface area (TPSA) is 66.2 Å². The molecule has 0 saturated carbocycles. The van der Waals surface area contributed by atoms with E-state index in [0.29, 0.717) is 33.7 Å². The van der Waals surface area contributed by atoms with Crippen molar-refractivity contribution < 1.29 is 0 Å². The number of nitrogens with zero attached hydrogens (tertiary/aromatic N) is 6. The summed E-state index contributed by atoms with van der Waals surface area (Å²) >= 11 is 0. The first-order chi connectivity index (χ1) is 25.6. The SMILES string of the molecule is [C-]#[N+]c1cccc(-c2ccc(-c3ccc(-n4c5ccccc5c5cc(C#N)ccc54)cc3)cc2)c1-n1c2ccc(C#N)cc2c2cccc([N+]#[C-])c21. The fraction of sp³-hybridized carbons (Fsp3) is 0. The summed E-state index contributed by atoms with van der Waals surface area (Å²) in [5, 5.41) is 23.1. The van der Waals surface area contributed by atoms with Crippen LogP contribution in [0.1, 0.15) is 11.1 Å². The molecule has 9 aromatic rings. The summed E-state index contributed by atoms with van der Waals surface area (Å²) < 4.78 is 4.25. The van der Waals surface area contributed by atoms with Crippen molar-refractivity contribution in [2.75, 3.05) is 0 Å². The minimum atomic E-state index is 0.467. The van der Waals surface area contributed by atoms with Crippen molar-refractivity contribution in [3.8, 4) is 45.8 Å². The maximum Gasteiger partial charge on any atom is 0.211 e. The summed E-state index contributed by atoms with van der Waals surface area (Å²) in [7, 11) is 0. The molecule has 0 aliphatic rings. The summed E-state index contributed by atoms with van der Waals surface area (Å²) in [6, 6.07) is 52.3. The van der Waals surface area contributed by atoms with Gasteiger partial charge in [0.2, 0.25) is 11.4 Å². The maximum absolute atomic E-state index is 9.67. The highest BCUT2D eigenvalue weighted by Crippen LogP contribution is 2.44. The van der Waals surface area contributed by atoms with Crippen molar-refractivity contribution in [3.63, 3.8) is 0 Å². The van der Waals surface area contributed by atoms with Gasteiger partial charge in [0.05, 0.1) is 64.2 Å². The lowest BCUT2D eigenvalue weighted by molar-refractivity contribution is 1.18. The predicted octanol–water partition coefficient (Wildman–Crippen LogP) is 12.1. The van der Waals surface area contributed by atoms with Crippen LogP contribution in [-0.2, 0) is 0 Å². The molecule has 6 nitrogen and oxygen atoms in total. The predicted molar refractivity (Wildman–Crippen MR) is 208 cm³/mol. The zero-order valence-corrected chi connectivity index (χ0v) is 27.5. The molecular formula is C46H24N6. The molecule has 7 aromatic carbocycles. The maximum atomic E-state index is 9.67. The van der Waals surface area contributed by atoms with E-state index in [0.717, 1.165) is 66.0 Å².